The highest BCUT2D eigenvalue weighted by molar-refractivity contribution is 5.05. The summed E-state index contributed by atoms with van der Waals surface area (Å²) >= 11 is 0. The third-order valence-electron chi connectivity index (χ3n) is 3.88. The van der Waals surface area contributed by atoms with Crippen LogP contribution in [0.25, 0.3) is 0 Å². The third kappa shape index (κ3) is 2.21. The molecular formula is C12H21N5. The highest BCUT2D eigenvalue weighted by Crippen LogP contribution is 2.25. The summed E-state index contributed by atoms with van der Waals surface area (Å²) in [4.78, 5) is 2.41. The van der Waals surface area contributed by atoms with E-state index in [0.717, 1.165) is 32.6 Å². The van der Waals surface area contributed by atoms with Crippen LogP contribution in [0.4, 0.5) is 0 Å². The normalized spacial score (nSPS) is 26.5. The van der Waals surface area contributed by atoms with Crippen molar-refractivity contribution in [1.82, 2.24) is 25.0 Å². The van der Waals surface area contributed by atoms with Crippen molar-refractivity contribution in [1.29, 1.82) is 0 Å². The van der Waals surface area contributed by atoms with Gasteiger partial charge in [-0.25, -0.2) is 0 Å². The lowest BCUT2D eigenvalue weighted by Gasteiger charge is -2.29. The van der Waals surface area contributed by atoms with Crippen molar-refractivity contribution >= 4 is 0 Å². The summed E-state index contributed by atoms with van der Waals surface area (Å²) < 4.78 is 2.35. The van der Waals surface area contributed by atoms with Crippen LogP contribution >= 0.6 is 0 Å². The Labute approximate surface area is 102 Å². The average Bonchev–Trinajstić information content (AvgIpc) is 2.59. The zero-order valence-electron chi connectivity index (χ0n) is 10.5. The van der Waals surface area contributed by atoms with Gasteiger partial charge in [-0.1, -0.05) is 0 Å². The summed E-state index contributed by atoms with van der Waals surface area (Å²) in [6.45, 7) is 5.45. The molecule has 5 nitrogen and oxygen atoms in total. The number of hydrogen-bond donors (Lipinski definition) is 1. The summed E-state index contributed by atoms with van der Waals surface area (Å²) in [5.74, 6) is 2.96. The molecule has 0 saturated carbocycles. The van der Waals surface area contributed by atoms with E-state index in [1.807, 2.05) is 0 Å². The van der Waals surface area contributed by atoms with Crippen LogP contribution in [0.3, 0.4) is 0 Å². The molecule has 0 unspecified atom stereocenters. The smallest absolute Gasteiger partial charge is 0.137 e. The molecule has 1 saturated heterocycles. The minimum atomic E-state index is 0.577. The second kappa shape index (κ2) is 4.74. The van der Waals surface area contributed by atoms with E-state index in [1.54, 1.807) is 0 Å². The van der Waals surface area contributed by atoms with Gasteiger partial charge in [-0.2, -0.15) is 0 Å². The van der Waals surface area contributed by atoms with E-state index in [2.05, 4.69) is 32.0 Å². The van der Waals surface area contributed by atoms with Crippen LogP contribution in [0.1, 0.15) is 30.4 Å². The molecule has 2 aliphatic heterocycles. The first kappa shape index (κ1) is 11.2. The Kier molecular flexibility index (Phi) is 3.11. The Morgan fingerprint density at radius 1 is 1.24 bits per heavy atom. The lowest BCUT2D eigenvalue weighted by molar-refractivity contribution is 0.242. The molecule has 94 valence electrons. The molecule has 1 aromatic rings. The van der Waals surface area contributed by atoms with Gasteiger partial charge in [-0.15, -0.1) is 10.2 Å². The number of fused-ring (bicyclic) bond motifs is 1. The van der Waals surface area contributed by atoms with E-state index in [-0.39, 0.29) is 0 Å². The summed E-state index contributed by atoms with van der Waals surface area (Å²) in [5.41, 5.74) is 0. The Bertz CT molecular complexity index is 386. The highest BCUT2D eigenvalue weighted by Gasteiger charge is 2.25. The molecule has 0 radical (unpaired) electrons. The molecule has 5 heteroatoms. The molecular weight excluding hydrogens is 214 g/mol. The predicted octanol–water partition coefficient (Wildman–Crippen LogP) is 0.233. The molecule has 3 heterocycles. The van der Waals surface area contributed by atoms with Gasteiger partial charge in [0.2, 0.25) is 0 Å². The van der Waals surface area contributed by atoms with Crippen molar-refractivity contribution in [2.24, 2.45) is 0 Å². The number of piperidine rings is 1. The van der Waals surface area contributed by atoms with Gasteiger partial charge >= 0.3 is 0 Å². The second-order valence-electron chi connectivity index (χ2n) is 5.23. The number of nitrogens with zero attached hydrogens (tertiary/aromatic N) is 4. The summed E-state index contributed by atoms with van der Waals surface area (Å²) in [6, 6.07) is 0. The number of likely N-dealkylation sites (tertiary alicyclic amines) is 1. The van der Waals surface area contributed by atoms with E-state index < -0.39 is 0 Å². The number of rotatable bonds is 1. The molecule has 1 fully saturated rings. The standard InChI is InChI=1S/C12H21N5/c1-16-7-2-3-10(9-16)12-15-14-11-4-5-13-6-8-17(11)12/h10,13H,2-9H2,1H3/t10-/m1/s1. The van der Waals surface area contributed by atoms with Crippen molar-refractivity contribution in [2.45, 2.75) is 31.7 Å². The van der Waals surface area contributed by atoms with Gasteiger partial charge in [0.15, 0.2) is 0 Å². The van der Waals surface area contributed by atoms with Crippen molar-refractivity contribution in [3.63, 3.8) is 0 Å². The van der Waals surface area contributed by atoms with Crippen LogP contribution in [0.5, 0.6) is 0 Å². The molecule has 0 aliphatic carbocycles. The largest absolute Gasteiger partial charge is 0.315 e. The number of likely N-dealkylation sites (N-methyl/N-ethyl adjacent to an activating group) is 1. The van der Waals surface area contributed by atoms with Gasteiger partial charge in [0.1, 0.15) is 11.6 Å². The number of aromatic nitrogens is 3. The molecule has 0 spiro atoms. The maximum absolute atomic E-state index is 4.46. The molecule has 0 amide bonds. The molecule has 1 N–H and O–H groups in total. The van der Waals surface area contributed by atoms with Crippen LogP contribution in [0.15, 0.2) is 0 Å². The Hall–Kier alpha value is -0.940. The molecule has 2 aliphatic rings. The summed E-state index contributed by atoms with van der Waals surface area (Å²) in [7, 11) is 2.20. The van der Waals surface area contributed by atoms with Gasteiger partial charge in [0.05, 0.1) is 0 Å². The van der Waals surface area contributed by atoms with Gasteiger partial charge in [0, 0.05) is 38.5 Å². The van der Waals surface area contributed by atoms with Crippen LogP contribution in [-0.2, 0) is 13.0 Å². The molecule has 1 aromatic heterocycles. The van der Waals surface area contributed by atoms with Crippen LogP contribution in [-0.4, -0.2) is 52.9 Å². The highest BCUT2D eigenvalue weighted by atomic mass is 15.3. The van der Waals surface area contributed by atoms with Gasteiger partial charge < -0.3 is 14.8 Å². The number of hydrogen-bond acceptors (Lipinski definition) is 4. The van der Waals surface area contributed by atoms with Crippen LogP contribution in [0, 0.1) is 0 Å². The second-order valence-corrected chi connectivity index (χ2v) is 5.23. The predicted molar refractivity (Wildman–Crippen MR) is 66.1 cm³/mol. The van der Waals surface area contributed by atoms with Crippen LogP contribution in [0.2, 0.25) is 0 Å². The minimum absolute atomic E-state index is 0.577. The van der Waals surface area contributed by atoms with Gasteiger partial charge in [0.25, 0.3) is 0 Å². The topological polar surface area (TPSA) is 46.0 Å². The Morgan fingerprint density at radius 3 is 3.06 bits per heavy atom. The van der Waals surface area contributed by atoms with Gasteiger partial charge in [-0.05, 0) is 26.4 Å². The third-order valence-corrected chi connectivity index (χ3v) is 3.88. The Morgan fingerprint density at radius 2 is 2.18 bits per heavy atom. The SMILES string of the molecule is CN1CCC[C@@H](c2nnc3n2CCNCC3)C1. The molecule has 1 atom stereocenters. The first-order valence-electron chi connectivity index (χ1n) is 6.66. The molecule has 0 aromatic carbocycles. The molecule has 17 heavy (non-hydrogen) atoms. The first-order valence-corrected chi connectivity index (χ1v) is 6.66. The fourth-order valence-electron chi connectivity index (χ4n) is 2.97. The van der Waals surface area contributed by atoms with E-state index in [9.17, 15) is 0 Å². The van der Waals surface area contributed by atoms with E-state index in [1.165, 1.54) is 31.0 Å². The van der Waals surface area contributed by atoms with Crippen LogP contribution < -0.4 is 5.32 Å². The van der Waals surface area contributed by atoms with Crippen molar-refractivity contribution in [2.75, 3.05) is 33.2 Å². The van der Waals surface area contributed by atoms with Gasteiger partial charge in [-0.3, -0.25) is 0 Å². The first-order chi connectivity index (χ1) is 8.34. The number of nitrogens with one attached hydrogen (secondary N) is 1. The maximum Gasteiger partial charge on any atom is 0.137 e. The lowest BCUT2D eigenvalue weighted by Crippen LogP contribution is -2.32. The van der Waals surface area contributed by atoms with E-state index in [0.29, 0.717) is 5.92 Å². The Balaban J connectivity index is 1.84. The van der Waals surface area contributed by atoms with Crippen molar-refractivity contribution < 1.29 is 0 Å². The van der Waals surface area contributed by atoms with Crippen molar-refractivity contribution in [3.8, 4) is 0 Å². The summed E-state index contributed by atoms with van der Waals surface area (Å²) in [5, 5.41) is 12.2. The zero-order chi connectivity index (χ0) is 11.7. The van der Waals surface area contributed by atoms with E-state index in [4.69, 9.17) is 0 Å². The molecule has 0 bridgehead atoms. The maximum atomic E-state index is 4.46. The van der Waals surface area contributed by atoms with E-state index >= 15 is 0 Å². The fourth-order valence-corrected chi connectivity index (χ4v) is 2.97. The van der Waals surface area contributed by atoms with Crippen molar-refractivity contribution in [3.05, 3.63) is 11.6 Å². The summed E-state index contributed by atoms with van der Waals surface area (Å²) in [6.07, 6.45) is 3.55. The fraction of sp³-hybridized carbons (Fsp3) is 0.833. The average molecular weight is 235 g/mol. The zero-order valence-corrected chi connectivity index (χ0v) is 10.5. The molecule has 3 rings (SSSR count). The minimum Gasteiger partial charge on any atom is -0.315 e. The lowest BCUT2D eigenvalue weighted by atomic mass is 9.97. The monoisotopic (exact) mass is 235 g/mol. The quantitative estimate of drug-likeness (QED) is 0.757.